The van der Waals surface area contributed by atoms with E-state index in [1.807, 2.05) is 6.92 Å². The maximum atomic E-state index is 13.1. The molecule has 1 aliphatic heterocycles. The lowest BCUT2D eigenvalue weighted by Gasteiger charge is -2.23. The van der Waals surface area contributed by atoms with Crippen LogP contribution in [0.3, 0.4) is 0 Å². The van der Waals surface area contributed by atoms with Gasteiger partial charge >= 0.3 is 0 Å². The second-order valence-electron chi connectivity index (χ2n) is 8.08. The first kappa shape index (κ1) is 20.9. The Kier molecular flexibility index (Phi) is 4.79. The predicted molar refractivity (Wildman–Crippen MR) is 125 cm³/mol. The first-order valence-electron chi connectivity index (χ1n) is 10.1. The quantitative estimate of drug-likeness (QED) is 0.435. The lowest BCUT2D eigenvalue weighted by Crippen LogP contribution is -2.32. The Balaban J connectivity index is 1.62. The number of rotatable bonds is 5. The third-order valence-corrected chi connectivity index (χ3v) is 5.82. The van der Waals surface area contributed by atoms with E-state index in [2.05, 4.69) is 31.8 Å². The number of imidazole rings is 1. The number of anilines is 2. The standard InChI is InChI=1S/C23H20ClN7O2/c1-12(2)11-33-21-20-26-8-9-31(20)10-15(27-21)18-28-17(25)16-19(29-18)30-22(32)23(16,3)13-4-6-14(24)7-5-13/h4-10H,1,11H2,2-3H3,(H3,25,28,29,30,32). The summed E-state index contributed by atoms with van der Waals surface area (Å²) in [5, 5.41) is 3.42. The van der Waals surface area contributed by atoms with Gasteiger partial charge in [-0.25, -0.2) is 19.9 Å². The summed E-state index contributed by atoms with van der Waals surface area (Å²) in [4.78, 5) is 31.0. The fraction of sp³-hybridized carbons (Fsp3) is 0.174. The zero-order valence-corrected chi connectivity index (χ0v) is 18.7. The van der Waals surface area contributed by atoms with E-state index in [4.69, 9.17) is 22.1 Å². The minimum atomic E-state index is -1.06. The number of nitrogens with two attached hydrogens (primary N) is 1. The summed E-state index contributed by atoms with van der Waals surface area (Å²) in [5.41, 5.74) is 8.39. The maximum absolute atomic E-state index is 13.1. The van der Waals surface area contributed by atoms with Gasteiger partial charge in [-0.05, 0) is 37.1 Å². The number of halogens is 1. The number of nitrogens with one attached hydrogen (secondary N) is 1. The molecule has 1 atom stereocenters. The second-order valence-corrected chi connectivity index (χ2v) is 8.51. The number of carbonyl (C=O) groups is 1. The van der Waals surface area contributed by atoms with E-state index in [-0.39, 0.29) is 17.5 Å². The number of carbonyl (C=O) groups excluding carboxylic acids is 1. The Bertz CT molecular complexity index is 1430. The number of amides is 1. The largest absolute Gasteiger partial charge is 0.471 e. The number of hydrogen-bond donors (Lipinski definition) is 2. The molecule has 0 spiro atoms. The normalized spacial score (nSPS) is 17.1. The molecule has 33 heavy (non-hydrogen) atoms. The third kappa shape index (κ3) is 3.37. The third-order valence-electron chi connectivity index (χ3n) is 5.57. The van der Waals surface area contributed by atoms with Gasteiger partial charge in [0, 0.05) is 23.6 Å². The molecular weight excluding hydrogens is 442 g/mol. The molecule has 4 heterocycles. The van der Waals surface area contributed by atoms with Gasteiger partial charge in [-0.2, -0.15) is 0 Å². The molecule has 166 valence electrons. The molecule has 4 aromatic rings. The van der Waals surface area contributed by atoms with Crippen molar-refractivity contribution in [1.29, 1.82) is 0 Å². The van der Waals surface area contributed by atoms with Gasteiger partial charge in [-0.1, -0.05) is 30.3 Å². The number of nitrogens with zero attached hydrogens (tertiary/aromatic N) is 5. The molecule has 10 heteroatoms. The van der Waals surface area contributed by atoms with Gasteiger partial charge in [-0.15, -0.1) is 0 Å². The van der Waals surface area contributed by atoms with Crippen molar-refractivity contribution >= 4 is 34.8 Å². The number of fused-ring (bicyclic) bond motifs is 2. The number of aromatic nitrogens is 5. The molecule has 3 aromatic heterocycles. The van der Waals surface area contributed by atoms with E-state index in [1.54, 1.807) is 54.2 Å². The van der Waals surface area contributed by atoms with E-state index in [9.17, 15) is 4.79 Å². The first-order chi connectivity index (χ1) is 15.8. The minimum absolute atomic E-state index is 0.183. The summed E-state index contributed by atoms with van der Waals surface area (Å²) in [6, 6.07) is 7.05. The highest BCUT2D eigenvalue weighted by Crippen LogP contribution is 2.45. The minimum Gasteiger partial charge on any atom is -0.471 e. The van der Waals surface area contributed by atoms with Crippen LogP contribution < -0.4 is 15.8 Å². The van der Waals surface area contributed by atoms with Crippen molar-refractivity contribution in [3.8, 4) is 17.4 Å². The maximum Gasteiger partial charge on any atom is 0.259 e. The van der Waals surface area contributed by atoms with Gasteiger partial charge in [0.1, 0.15) is 29.4 Å². The molecule has 1 unspecified atom stereocenters. The second kappa shape index (κ2) is 7.56. The molecule has 0 fully saturated rings. The van der Waals surface area contributed by atoms with Crippen molar-refractivity contribution in [2.24, 2.45) is 0 Å². The van der Waals surface area contributed by atoms with Gasteiger partial charge in [0.2, 0.25) is 11.6 Å². The van der Waals surface area contributed by atoms with Gasteiger partial charge < -0.3 is 20.2 Å². The summed E-state index contributed by atoms with van der Waals surface area (Å²) in [7, 11) is 0. The molecule has 1 aromatic carbocycles. The smallest absolute Gasteiger partial charge is 0.259 e. The number of benzene rings is 1. The monoisotopic (exact) mass is 461 g/mol. The van der Waals surface area contributed by atoms with Crippen LogP contribution in [0.4, 0.5) is 11.6 Å². The van der Waals surface area contributed by atoms with Crippen molar-refractivity contribution in [1.82, 2.24) is 24.3 Å². The SMILES string of the molecule is C=C(C)COc1nc(-c2nc(N)c3c(n2)NC(=O)C3(C)c2ccc(Cl)cc2)cn2ccnc12. The van der Waals surface area contributed by atoms with E-state index < -0.39 is 5.41 Å². The van der Waals surface area contributed by atoms with Crippen LogP contribution in [0.5, 0.6) is 5.88 Å². The van der Waals surface area contributed by atoms with E-state index >= 15 is 0 Å². The highest BCUT2D eigenvalue weighted by molar-refractivity contribution is 6.30. The molecular formula is C23H20ClN7O2. The fourth-order valence-electron chi connectivity index (χ4n) is 3.88. The van der Waals surface area contributed by atoms with Crippen LogP contribution in [0.2, 0.25) is 5.02 Å². The van der Waals surface area contributed by atoms with Crippen molar-refractivity contribution in [3.05, 3.63) is 71.2 Å². The van der Waals surface area contributed by atoms with Crippen LogP contribution in [0, 0.1) is 0 Å². The van der Waals surface area contributed by atoms with Gasteiger partial charge in [0.05, 0.1) is 5.56 Å². The van der Waals surface area contributed by atoms with Crippen LogP contribution in [0.25, 0.3) is 17.2 Å². The van der Waals surface area contributed by atoms with Crippen molar-refractivity contribution in [3.63, 3.8) is 0 Å². The van der Waals surface area contributed by atoms with Crippen LogP contribution in [-0.2, 0) is 10.2 Å². The summed E-state index contributed by atoms with van der Waals surface area (Å²) < 4.78 is 7.54. The summed E-state index contributed by atoms with van der Waals surface area (Å²) in [5.74, 6) is 0.849. The Morgan fingerprint density at radius 1 is 1.27 bits per heavy atom. The molecule has 0 aliphatic carbocycles. The van der Waals surface area contributed by atoms with E-state index in [0.29, 0.717) is 40.2 Å². The lowest BCUT2D eigenvalue weighted by atomic mass is 9.78. The molecule has 0 bridgehead atoms. The fourth-order valence-corrected chi connectivity index (χ4v) is 4.01. The zero-order chi connectivity index (χ0) is 23.3. The van der Waals surface area contributed by atoms with Crippen LogP contribution >= 0.6 is 11.6 Å². The Labute approximate surface area is 194 Å². The molecule has 0 radical (unpaired) electrons. The molecule has 1 amide bonds. The van der Waals surface area contributed by atoms with Crippen LogP contribution in [-0.4, -0.2) is 36.9 Å². The van der Waals surface area contributed by atoms with Crippen LogP contribution in [0.1, 0.15) is 25.0 Å². The Morgan fingerprint density at radius 2 is 2.03 bits per heavy atom. The first-order valence-corrected chi connectivity index (χ1v) is 10.5. The number of nitrogen functional groups attached to an aromatic ring is 1. The predicted octanol–water partition coefficient (Wildman–Crippen LogP) is 3.63. The number of ether oxygens (including phenoxy) is 1. The molecule has 5 rings (SSSR count). The highest BCUT2D eigenvalue weighted by Gasteiger charge is 2.47. The average Bonchev–Trinajstić information content (AvgIpc) is 3.35. The molecule has 3 N–H and O–H groups in total. The molecule has 0 saturated heterocycles. The summed E-state index contributed by atoms with van der Waals surface area (Å²) in [6.07, 6.45) is 5.14. The van der Waals surface area contributed by atoms with Gasteiger partial charge in [0.25, 0.3) is 5.88 Å². The molecule has 0 saturated carbocycles. The Morgan fingerprint density at radius 3 is 2.76 bits per heavy atom. The van der Waals surface area contributed by atoms with Gasteiger partial charge in [-0.3, -0.25) is 4.79 Å². The van der Waals surface area contributed by atoms with Crippen molar-refractivity contribution < 1.29 is 9.53 Å². The molecule has 9 nitrogen and oxygen atoms in total. The van der Waals surface area contributed by atoms with Crippen molar-refractivity contribution in [2.75, 3.05) is 17.7 Å². The van der Waals surface area contributed by atoms with E-state index in [0.717, 1.165) is 11.1 Å². The van der Waals surface area contributed by atoms with Gasteiger partial charge in [0.15, 0.2) is 5.82 Å². The lowest BCUT2D eigenvalue weighted by molar-refractivity contribution is -0.119. The molecule has 1 aliphatic rings. The highest BCUT2D eigenvalue weighted by atomic mass is 35.5. The zero-order valence-electron chi connectivity index (χ0n) is 18.0. The average molecular weight is 462 g/mol. The topological polar surface area (TPSA) is 120 Å². The van der Waals surface area contributed by atoms with Crippen LogP contribution in [0.15, 0.2) is 55.0 Å². The van der Waals surface area contributed by atoms with E-state index in [1.165, 1.54) is 0 Å². The summed E-state index contributed by atoms with van der Waals surface area (Å²) >= 11 is 6.03. The van der Waals surface area contributed by atoms with Crippen molar-refractivity contribution in [2.45, 2.75) is 19.3 Å². The number of hydrogen-bond acceptors (Lipinski definition) is 7. The summed E-state index contributed by atoms with van der Waals surface area (Å²) in [6.45, 7) is 7.79. The Hall–Kier alpha value is -3.98.